The molecule has 1 aromatic rings. The molecule has 0 atom stereocenters. The number of nitrogens with one attached hydrogen (secondary N) is 3. The summed E-state index contributed by atoms with van der Waals surface area (Å²) in [4.78, 5) is 25.9. The van der Waals surface area contributed by atoms with Gasteiger partial charge in [0.2, 0.25) is 10.0 Å². The Morgan fingerprint density at radius 1 is 1.09 bits per heavy atom. The number of nitrogens with zero attached hydrogens (tertiary/aromatic N) is 2. The molecule has 0 aromatic heterocycles. The maximum Gasteiger partial charge on any atom is 0.271 e. The van der Waals surface area contributed by atoms with Gasteiger partial charge in [0.15, 0.2) is 0 Å². The molecule has 9 nitrogen and oxygen atoms in total. The summed E-state index contributed by atoms with van der Waals surface area (Å²) in [6, 6.07) is 5.18. The highest BCUT2D eigenvalue weighted by molar-refractivity contribution is 7.92. The van der Waals surface area contributed by atoms with Crippen LogP contribution in [0.2, 0.25) is 0 Å². The van der Waals surface area contributed by atoms with Crippen molar-refractivity contribution in [2.24, 2.45) is 0 Å². The maximum atomic E-state index is 12.5. The number of hydrogen-bond acceptors (Lipinski definition) is 6. The molecular formula is C22H31N5O4S. The van der Waals surface area contributed by atoms with Crippen LogP contribution in [-0.4, -0.2) is 56.0 Å². The zero-order valence-corrected chi connectivity index (χ0v) is 19.8. The van der Waals surface area contributed by atoms with Crippen molar-refractivity contribution in [3.8, 4) is 0 Å². The highest BCUT2D eigenvalue weighted by Crippen LogP contribution is 2.22. The molecule has 4 rings (SSSR count). The summed E-state index contributed by atoms with van der Waals surface area (Å²) in [6.45, 7) is 7.81. The molecule has 0 unspecified atom stereocenters. The second kappa shape index (κ2) is 9.74. The van der Waals surface area contributed by atoms with E-state index in [-0.39, 0.29) is 11.8 Å². The number of amides is 2. The lowest BCUT2D eigenvalue weighted by Gasteiger charge is -2.27. The molecule has 10 heteroatoms. The number of fused-ring (bicyclic) bond motifs is 1. The zero-order valence-electron chi connectivity index (χ0n) is 19.0. The lowest BCUT2D eigenvalue weighted by Crippen LogP contribution is -2.45. The van der Waals surface area contributed by atoms with E-state index in [2.05, 4.69) is 15.5 Å². The third kappa shape index (κ3) is 5.68. The van der Waals surface area contributed by atoms with Gasteiger partial charge in [0.1, 0.15) is 5.82 Å². The van der Waals surface area contributed by atoms with Crippen LogP contribution in [0.15, 0.2) is 41.4 Å². The SMILES string of the molecule is CC1=C(C)C(=O)N2NCC=C2N1.Cc1ccc(NS(C)(=O)=O)c(C(=O)N2CCCCC2)c1. The van der Waals surface area contributed by atoms with Gasteiger partial charge in [0.05, 0.1) is 17.5 Å². The Kier molecular flexibility index (Phi) is 7.25. The molecule has 1 aromatic carbocycles. The summed E-state index contributed by atoms with van der Waals surface area (Å²) < 4.78 is 25.2. The van der Waals surface area contributed by atoms with E-state index in [1.807, 2.05) is 26.8 Å². The summed E-state index contributed by atoms with van der Waals surface area (Å²) in [5.74, 6) is 0.789. The van der Waals surface area contributed by atoms with Crippen molar-refractivity contribution < 1.29 is 18.0 Å². The average Bonchev–Trinajstić information content (AvgIpc) is 3.21. The van der Waals surface area contributed by atoms with Gasteiger partial charge >= 0.3 is 0 Å². The van der Waals surface area contributed by atoms with Crippen LogP contribution in [0.3, 0.4) is 0 Å². The first-order valence-corrected chi connectivity index (χ1v) is 12.6. The summed E-state index contributed by atoms with van der Waals surface area (Å²) in [7, 11) is -3.40. The Hall–Kier alpha value is -2.85. The van der Waals surface area contributed by atoms with Crippen molar-refractivity contribution in [1.29, 1.82) is 0 Å². The van der Waals surface area contributed by atoms with Crippen LogP contribution >= 0.6 is 0 Å². The minimum Gasteiger partial charge on any atom is -0.344 e. The highest BCUT2D eigenvalue weighted by atomic mass is 32.2. The number of hydrogen-bond donors (Lipinski definition) is 3. The van der Waals surface area contributed by atoms with Gasteiger partial charge in [-0.2, -0.15) is 0 Å². The molecule has 3 aliphatic heterocycles. The summed E-state index contributed by atoms with van der Waals surface area (Å²) in [6.07, 6.45) is 6.20. The lowest BCUT2D eigenvalue weighted by atomic mass is 10.1. The number of carbonyl (C=O) groups excluding carboxylic acids is 2. The number of allylic oxidation sites excluding steroid dienone is 1. The molecule has 0 saturated carbocycles. The van der Waals surface area contributed by atoms with E-state index in [4.69, 9.17) is 0 Å². The number of piperidine rings is 1. The average molecular weight is 462 g/mol. The number of benzene rings is 1. The number of likely N-dealkylation sites (tertiary alicyclic amines) is 1. The van der Waals surface area contributed by atoms with Crippen LogP contribution < -0.4 is 15.5 Å². The van der Waals surface area contributed by atoms with Crippen molar-refractivity contribution >= 4 is 27.5 Å². The minimum atomic E-state index is -3.40. The standard InChI is InChI=1S/C14H20N2O3S.C8H11N3O/c1-11-6-7-13(15-20(2,18)19)12(10-11)14(17)16-8-4-3-5-9-16;1-5-6(2)10-7-3-4-9-11(7)8(5)12/h6-7,10,15H,3-5,8-9H2,1-2H3;3,9-10H,4H2,1-2H3. The topological polar surface area (TPSA) is 111 Å². The fraction of sp³-hybridized carbons (Fsp3) is 0.455. The fourth-order valence-corrected chi connectivity index (χ4v) is 4.28. The van der Waals surface area contributed by atoms with E-state index in [1.165, 1.54) is 0 Å². The van der Waals surface area contributed by atoms with E-state index in [0.29, 0.717) is 17.8 Å². The lowest BCUT2D eigenvalue weighted by molar-refractivity contribution is -0.128. The van der Waals surface area contributed by atoms with Gasteiger partial charge < -0.3 is 10.2 Å². The molecule has 3 aliphatic rings. The normalized spacial score (nSPS) is 18.4. The quantitative estimate of drug-likeness (QED) is 0.636. The minimum absolute atomic E-state index is 0.0370. The van der Waals surface area contributed by atoms with Crippen LogP contribution in [-0.2, 0) is 14.8 Å². The second-order valence-corrected chi connectivity index (χ2v) is 9.99. The molecule has 0 radical (unpaired) electrons. The first-order valence-electron chi connectivity index (χ1n) is 10.7. The molecule has 1 fully saturated rings. The number of sulfonamides is 1. The number of rotatable bonds is 3. The number of hydrazine groups is 1. The fourth-order valence-electron chi connectivity index (χ4n) is 3.70. The van der Waals surface area contributed by atoms with Crippen LogP contribution in [0, 0.1) is 6.92 Å². The van der Waals surface area contributed by atoms with E-state index in [0.717, 1.165) is 61.3 Å². The number of anilines is 1. The Balaban J connectivity index is 0.000000204. The summed E-state index contributed by atoms with van der Waals surface area (Å²) >= 11 is 0. The van der Waals surface area contributed by atoms with Crippen LogP contribution in [0.4, 0.5) is 5.69 Å². The molecule has 1 saturated heterocycles. The molecule has 0 aliphatic carbocycles. The first-order chi connectivity index (χ1) is 15.1. The van der Waals surface area contributed by atoms with Crippen molar-refractivity contribution in [1.82, 2.24) is 20.7 Å². The van der Waals surface area contributed by atoms with Gasteiger partial charge in [-0.3, -0.25) is 14.3 Å². The van der Waals surface area contributed by atoms with Crippen LogP contribution in [0.25, 0.3) is 0 Å². The maximum absolute atomic E-state index is 12.5. The predicted octanol–water partition coefficient (Wildman–Crippen LogP) is 2.06. The Labute approximate surface area is 189 Å². The summed E-state index contributed by atoms with van der Waals surface area (Å²) in [5.41, 5.74) is 6.37. The van der Waals surface area contributed by atoms with Crippen molar-refractivity contribution in [2.45, 2.75) is 40.0 Å². The van der Waals surface area contributed by atoms with E-state index in [9.17, 15) is 18.0 Å². The molecule has 0 bridgehead atoms. The van der Waals surface area contributed by atoms with Gasteiger partial charge in [-0.05, 0) is 58.2 Å². The van der Waals surface area contributed by atoms with Gasteiger partial charge in [-0.25, -0.2) is 18.9 Å². The van der Waals surface area contributed by atoms with Gasteiger partial charge in [-0.1, -0.05) is 11.6 Å². The van der Waals surface area contributed by atoms with Gasteiger partial charge in [0, 0.05) is 30.9 Å². The zero-order chi connectivity index (χ0) is 23.5. The van der Waals surface area contributed by atoms with Crippen molar-refractivity contribution in [3.63, 3.8) is 0 Å². The molecule has 3 N–H and O–H groups in total. The highest BCUT2D eigenvalue weighted by Gasteiger charge is 2.28. The number of aryl methyl sites for hydroxylation is 1. The third-order valence-corrected chi connectivity index (χ3v) is 6.12. The van der Waals surface area contributed by atoms with E-state index >= 15 is 0 Å². The van der Waals surface area contributed by atoms with E-state index in [1.54, 1.807) is 28.1 Å². The first kappa shape index (κ1) is 23.8. The largest absolute Gasteiger partial charge is 0.344 e. The smallest absolute Gasteiger partial charge is 0.271 e. The van der Waals surface area contributed by atoms with Crippen LogP contribution in [0.1, 0.15) is 49.0 Å². The Bertz CT molecular complexity index is 1070. The molecule has 174 valence electrons. The van der Waals surface area contributed by atoms with E-state index < -0.39 is 10.0 Å². The van der Waals surface area contributed by atoms with Gasteiger partial charge in [-0.15, -0.1) is 0 Å². The van der Waals surface area contributed by atoms with Crippen molar-refractivity contribution in [3.05, 3.63) is 52.5 Å². The predicted molar refractivity (Wildman–Crippen MR) is 124 cm³/mol. The monoisotopic (exact) mass is 461 g/mol. The number of carbonyl (C=O) groups is 2. The molecular weight excluding hydrogens is 430 g/mol. The molecule has 32 heavy (non-hydrogen) atoms. The van der Waals surface area contributed by atoms with Crippen LogP contribution in [0.5, 0.6) is 0 Å². The molecule has 0 spiro atoms. The Morgan fingerprint density at radius 3 is 2.44 bits per heavy atom. The Morgan fingerprint density at radius 2 is 1.78 bits per heavy atom. The second-order valence-electron chi connectivity index (χ2n) is 8.24. The molecule has 2 amide bonds. The summed E-state index contributed by atoms with van der Waals surface area (Å²) in [5, 5.41) is 4.69. The van der Waals surface area contributed by atoms with Crippen molar-refractivity contribution in [2.75, 3.05) is 30.6 Å². The third-order valence-electron chi connectivity index (χ3n) is 5.53. The molecule has 3 heterocycles. The van der Waals surface area contributed by atoms with Gasteiger partial charge in [0.25, 0.3) is 11.8 Å².